The van der Waals surface area contributed by atoms with Gasteiger partial charge in [0.05, 0.1) is 33.4 Å². The lowest BCUT2D eigenvalue weighted by Crippen LogP contribution is -2.39. The molecule has 1 atom stereocenters. The summed E-state index contributed by atoms with van der Waals surface area (Å²) < 4.78 is 13.8. The summed E-state index contributed by atoms with van der Waals surface area (Å²) in [6.07, 6.45) is 1.63. The summed E-state index contributed by atoms with van der Waals surface area (Å²) in [5, 5.41) is 11.1. The van der Waals surface area contributed by atoms with Crippen molar-refractivity contribution >= 4 is 50.7 Å². The fourth-order valence-electron chi connectivity index (χ4n) is 4.58. The summed E-state index contributed by atoms with van der Waals surface area (Å²) >= 11 is 4.57. The summed E-state index contributed by atoms with van der Waals surface area (Å²) in [5.41, 5.74) is 2.80. The number of esters is 1. The number of halogens is 1. The van der Waals surface area contributed by atoms with Gasteiger partial charge in [0.2, 0.25) is 0 Å². The van der Waals surface area contributed by atoms with Crippen molar-refractivity contribution in [3.63, 3.8) is 0 Å². The first-order valence-electron chi connectivity index (χ1n) is 12.6. The van der Waals surface area contributed by atoms with Crippen molar-refractivity contribution in [2.45, 2.75) is 19.9 Å². The number of hydrogen-bond donors (Lipinski definition) is 0. The first kappa shape index (κ1) is 28.2. The van der Waals surface area contributed by atoms with Crippen molar-refractivity contribution in [2.24, 2.45) is 4.99 Å². The number of anilines is 1. The number of nitro benzene ring substituents is 1. The summed E-state index contributed by atoms with van der Waals surface area (Å²) in [4.78, 5) is 44.5. The normalized spacial score (nSPS) is 15.0. The molecule has 0 radical (unpaired) electrons. The van der Waals surface area contributed by atoms with Crippen molar-refractivity contribution in [3.05, 3.63) is 111 Å². The van der Waals surface area contributed by atoms with Crippen molar-refractivity contribution in [1.82, 2.24) is 4.57 Å². The molecule has 2 aromatic carbocycles. The Balaban J connectivity index is 1.60. The summed E-state index contributed by atoms with van der Waals surface area (Å²) in [5.74, 6) is 0.378. The van der Waals surface area contributed by atoms with E-state index in [1.54, 1.807) is 38.1 Å². The molecule has 0 saturated carbocycles. The molecule has 12 heteroatoms. The topological polar surface area (TPSA) is 120 Å². The third-order valence-corrected chi connectivity index (χ3v) is 8.21. The Hall–Kier alpha value is -4.29. The number of thiazole rings is 1. The SMILES string of the molecule is CCOC(=O)C1=C(C)N=c2s/c(=C/c3ccc(-c4ccc([N+](=O)[O-])cc4Br)o3)c(=O)n2[C@H]1c1ccc(N(C)C)cc1. The molecule has 10 nitrogen and oxygen atoms in total. The van der Waals surface area contributed by atoms with Gasteiger partial charge in [-0.25, -0.2) is 9.79 Å². The third kappa shape index (κ3) is 5.40. The van der Waals surface area contributed by atoms with Crippen LogP contribution in [-0.2, 0) is 9.53 Å². The minimum absolute atomic E-state index is 0.0445. The molecule has 4 aromatic rings. The van der Waals surface area contributed by atoms with Gasteiger partial charge in [-0.2, -0.15) is 0 Å². The molecule has 2 aromatic heterocycles. The van der Waals surface area contributed by atoms with Gasteiger partial charge in [0.15, 0.2) is 4.80 Å². The van der Waals surface area contributed by atoms with Gasteiger partial charge in [-0.15, -0.1) is 0 Å². The van der Waals surface area contributed by atoms with E-state index in [-0.39, 0.29) is 17.9 Å². The second-order valence-electron chi connectivity index (χ2n) is 9.41. The maximum atomic E-state index is 13.8. The lowest BCUT2D eigenvalue weighted by Gasteiger charge is -2.25. The largest absolute Gasteiger partial charge is 0.463 e. The fraction of sp³-hybridized carbons (Fsp3) is 0.207. The molecule has 1 aliphatic heterocycles. The number of furan rings is 1. The number of aromatic nitrogens is 1. The second kappa shape index (κ2) is 11.3. The smallest absolute Gasteiger partial charge is 0.338 e. The zero-order valence-electron chi connectivity index (χ0n) is 22.6. The standard InChI is InChI=1S/C29H25BrN4O6S/c1-5-39-28(36)25-16(2)31-29-33(26(25)17-6-8-18(9-7-17)32(3)4)27(35)24(41-29)15-20-11-13-23(40-20)21-12-10-19(34(37)38)14-22(21)30/h6-15,26H,5H2,1-4H3/b24-15+/t26-/m0/s1. The maximum Gasteiger partial charge on any atom is 0.338 e. The van der Waals surface area contributed by atoms with Gasteiger partial charge in [0.1, 0.15) is 11.5 Å². The fourth-order valence-corrected chi connectivity index (χ4v) is 6.17. The van der Waals surface area contributed by atoms with Gasteiger partial charge in [-0.3, -0.25) is 19.5 Å². The molecule has 0 aliphatic carbocycles. The van der Waals surface area contributed by atoms with E-state index < -0.39 is 16.9 Å². The second-order valence-corrected chi connectivity index (χ2v) is 11.3. The third-order valence-electron chi connectivity index (χ3n) is 6.57. The molecular weight excluding hydrogens is 612 g/mol. The van der Waals surface area contributed by atoms with E-state index >= 15 is 0 Å². The molecule has 41 heavy (non-hydrogen) atoms. The first-order valence-corrected chi connectivity index (χ1v) is 14.2. The van der Waals surface area contributed by atoms with Crippen molar-refractivity contribution in [1.29, 1.82) is 0 Å². The number of benzene rings is 2. The molecule has 0 amide bonds. The Bertz CT molecular complexity index is 1880. The highest BCUT2D eigenvalue weighted by atomic mass is 79.9. The molecule has 1 aliphatic rings. The van der Waals surface area contributed by atoms with Crippen LogP contribution in [0.5, 0.6) is 0 Å². The minimum Gasteiger partial charge on any atom is -0.463 e. The molecule has 210 valence electrons. The number of carbonyl (C=O) groups is 1. The molecule has 3 heterocycles. The molecule has 0 spiro atoms. The zero-order valence-corrected chi connectivity index (χ0v) is 25.0. The van der Waals surface area contributed by atoms with E-state index in [1.165, 1.54) is 28.0 Å². The van der Waals surface area contributed by atoms with Crippen LogP contribution in [0.4, 0.5) is 11.4 Å². The average molecular weight is 638 g/mol. The first-order chi connectivity index (χ1) is 19.6. The average Bonchev–Trinajstić information content (AvgIpc) is 3.52. The van der Waals surface area contributed by atoms with Crippen LogP contribution in [0.25, 0.3) is 17.4 Å². The number of allylic oxidation sites excluding steroid dienone is 1. The van der Waals surface area contributed by atoms with Crippen LogP contribution in [0.2, 0.25) is 0 Å². The van der Waals surface area contributed by atoms with Gasteiger partial charge in [0, 0.05) is 48.0 Å². The van der Waals surface area contributed by atoms with Gasteiger partial charge in [0.25, 0.3) is 11.2 Å². The minimum atomic E-state index is -0.716. The number of carbonyl (C=O) groups excluding carboxylic acids is 1. The molecule has 0 unspecified atom stereocenters. The molecule has 0 bridgehead atoms. The van der Waals surface area contributed by atoms with Crippen LogP contribution in [0.3, 0.4) is 0 Å². The summed E-state index contributed by atoms with van der Waals surface area (Å²) in [6.45, 7) is 3.67. The van der Waals surface area contributed by atoms with E-state index in [0.29, 0.717) is 42.2 Å². The highest BCUT2D eigenvalue weighted by Crippen LogP contribution is 2.33. The van der Waals surface area contributed by atoms with Crippen LogP contribution < -0.4 is 19.8 Å². The van der Waals surface area contributed by atoms with Crippen LogP contribution in [0.1, 0.15) is 31.2 Å². The van der Waals surface area contributed by atoms with Gasteiger partial charge >= 0.3 is 5.97 Å². The molecule has 0 saturated heterocycles. The highest BCUT2D eigenvalue weighted by Gasteiger charge is 2.33. The van der Waals surface area contributed by atoms with Crippen LogP contribution in [0, 0.1) is 10.1 Å². The van der Waals surface area contributed by atoms with E-state index in [1.807, 2.05) is 43.3 Å². The number of rotatable bonds is 7. The zero-order chi connectivity index (χ0) is 29.4. The molecular formula is C29H25BrN4O6S. The van der Waals surface area contributed by atoms with Crippen molar-refractivity contribution in [3.8, 4) is 11.3 Å². The van der Waals surface area contributed by atoms with Gasteiger partial charge in [-0.05, 0) is 65.7 Å². The van der Waals surface area contributed by atoms with Crippen LogP contribution in [-0.4, -0.2) is 36.2 Å². The molecule has 0 N–H and O–H groups in total. The lowest BCUT2D eigenvalue weighted by molar-refractivity contribution is -0.384. The number of nitro groups is 1. The van der Waals surface area contributed by atoms with E-state index in [2.05, 4.69) is 20.9 Å². The predicted molar refractivity (Wildman–Crippen MR) is 160 cm³/mol. The predicted octanol–water partition coefficient (Wildman–Crippen LogP) is 4.80. The Morgan fingerprint density at radius 2 is 1.95 bits per heavy atom. The van der Waals surface area contributed by atoms with Crippen LogP contribution in [0.15, 0.2) is 84.5 Å². The highest BCUT2D eigenvalue weighted by molar-refractivity contribution is 9.10. The number of ether oxygens (including phenoxy) is 1. The monoisotopic (exact) mass is 636 g/mol. The van der Waals surface area contributed by atoms with E-state index in [4.69, 9.17) is 9.15 Å². The Morgan fingerprint density at radius 3 is 2.59 bits per heavy atom. The van der Waals surface area contributed by atoms with Crippen molar-refractivity contribution in [2.75, 3.05) is 25.6 Å². The number of nitrogens with zero attached hydrogens (tertiary/aromatic N) is 4. The number of hydrogen-bond acceptors (Lipinski definition) is 9. The number of fused-ring (bicyclic) bond motifs is 1. The Labute approximate surface area is 246 Å². The van der Waals surface area contributed by atoms with E-state index in [0.717, 1.165) is 11.3 Å². The lowest BCUT2D eigenvalue weighted by atomic mass is 9.95. The van der Waals surface area contributed by atoms with Crippen LogP contribution >= 0.6 is 27.3 Å². The quantitative estimate of drug-likeness (QED) is 0.162. The van der Waals surface area contributed by atoms with E-state index in [9.17, 15) is 19.7 Å². The molecule has 5 rings (SSSR count). The van der Waals surface area contributed by atoms with Crippen molar-refractivity contribution < 1.29 is 18.9 Å². The van der Waals surface area contributed by atoms with Gasteiger partial charge in [-0.1, -0.05) is 23.5 Å². The summed E-state index contributed by atoms with van der Waals surface area (Å²) in [6, 6.07) is 14.8. The summed E-state index contributed by atoms with van der Waals surface area (Å²) in [7, 11) is 3.87. The maximum absolute atomic E-state index is 13.8. The number of non-ortho nitro benzene ring substituents is 1. The molecule has 0 fully saturated rings. The van der Waals surface area contributed by atoms with Gasteiger partial charge < -0.3 is 14.1 Å². The Morgan fingerprint density at radius 1 is 1.22 bits per heavy atom. The Kier molecular flexibility index (Phi) is 7.78.